The number of benzene rings is 2. The minimum Gasteiger partial charge on any atom is -0.491 e. The lowest BCUT2D eigenvalue weighted by molar-refractivity contribution is -0.137. The fraction of sp³-hybridized carbons (Fsp3) is 0.391. The quantitative estimate of drug-likeness (QED) is 0.661. The Kier molecular flexibility index (Phi) is 7.64. The summed E-state index contributed by atoms with van der Waals surface area (Å²) in [4.78, 5) is 25.6. The van der Waals surface area contributed by atoms with E-state index < -0.39 is 5.97 Å². The van der Waals surface area contributed by atoms with Crippen molar-refractivity contribution < 1.29 is 24.2 Å². The van der Waals surface area contributed by atoms with Crippen LogP contribution in [0.2, 0.25) is 0 Å². The van der Waals surface area contributed by atoms with Gasteiger partial charge in [0.2, 0.25) is 0 Å². The number of amides is 1. The Balaban J connectivity index is 1.62. The number of carbonyl (C=O) groups excluding carboxylic acids is 1. The molecule has 2 aromatic rings. The topological polar surface area (TPSA) is 76.1 Å². The van der Waals surface area contributed by atoms with Crippen LogP contribution in [0.4, 0.5) is 0 Å². The molecule has 6 nitrogen and oxygen atoms in total. The van der Waals surface area contributed by atoms with Crippen LogP contribution in [0, 0.1) is 0 Å². The van der Waals surface area contributed by atoms with Crippen molar-refractivity contribution in [3.8, 4) is 5.75 Å². The van der Waals surface area contributed by atoms with Crippen molar-refractivity contribution >= 4 is 11.9 Å². The van der Waals surface area contributed by atoms with Crippen LogP contribution in [0.5, 0.6) is 5.75 Å². The summed E-state index contributed by atoms with van der Waals surface area (Å²) < 4.78 is 11.3. The van der Waals surface area contributed by atoms with Crippen LogP contribution in [0.25, 0.3) is 0 Å². The van der Waals surface area contributed by atoms with Gasteiger partial charge in [-0.25, -0.2) is 0 Å². The molecular formula is C23H27NO5. The normalized spacial score (nSPS) is 15.8. The van der Waals surface area contributed by atoms with Crippen molar-refractivity contribution in [2.24, 2.45) is 0 Å². The van der Waals surface area contributed by atoms with Crippen LogP contribution in [-0.2, 0) is 16.1 Å². The van der Waals surface area contributed by atoms with Gasteiger partial charge in [0.05, 0.1) is 6.10 Å². The molecule has 0 spiro atoms. The molecule has 6 heteroatoms. The first-order chi connectivity index (χ1) is 14.1. The molecule has 29 heavy (non-hydrogen) atoms. The molecule has 1 unspecified atom stereocenters. The molecule has 1 N–H and O–H groups in total. The molecule has 1 heterocycles. The summed E-state index contributed by atoms with van der Waals surface area (Å²) in [6, 6.07) is 16.8. The Labute approximate surface area is 171 Å². The lowest BCUT2D eigenvalue weighted by Crippen LogP contribution is -2.31. The number of hydrogen-bond donors (Lipinski definition) is 1. The third-order valence-electron chi connectivity index (χ3n) is 4.88. The maximum atomic E-state index is 13.0. The molecular weight excluding hydrogens is 370 g/mol. The van der Waals surface area contributed by atoms with Gasteiger partial charge in [0, 0.05) is 31.7 Å². The number of hydrogen-bond acceptors (Lipinski definition) is 4. The molecule has 1 aliphatic rings. The van der Waals surface area contributed by atoms with Gasteiger partial charge in [0.15, 0.2) is 0 Å². The molecule has 0 bridgehead atoms. The zero-order valence-electron chi connectivity index (χ0n) is 16.5. The van der Waals surface area contributed by atoms with Crippen molar-refractivity contribution in [3.63, 3.8) is 0 Å². The second-order valence-corrected chi connectivity index (χ2v) is 7.18. The summed E-state index contributed by atoms with van der Waals surface area (Å²) in [6.45, 7) is 2.14. The average molecular weight is 397 g/mol. The number of nitrogens with zero attached hydrogens (tertiary/aromatic N) is 1. The van der Waals surface area contributed by atoms with Gasteiger partial charge >= 0.3 is 5.97 Å². The predicted molar refractivity (Wildman–Crippen MR) is 109 cm³/mol. The van der Waals surface area contributed by atoms with E-state index in [0.29, 0.717) is 37.4 Å². The number of carbonyl (C=O) groups is 2. The predicted octanol–water partition coefficient (Wildman–Crippen LogP) is 3.75. The van der Waals surface area contributed by atoms with Gasteiger partial charge in [-0.15, -0.1) is 0 Å². The number of ether oxygens (including phenoxy) is 2. The zero-order valence-corrected chi connectivity index (χ0v) is 16.5. The highest BCUT2D eigenvalue weighted by Gasteiger charge is 2.18. The lowest BCUT2D eigenvalue weighted by Gasteiger charge is -2.23. The van der Waals surface area contributed by atoms with Gasteiger partial charge in [0.25, 0.3) is 5.91 Å². The molecule has 0 saturated carbocycles. The Morgan fingerprint density at radius 2 is 1.86 bits per heavy atom. The van der Waals surface area contributed by atoms with Crippen LogP contribution < -0.4 is 4.74 Å². The molecule has 2 aromatic carbocycles. The Morgan fingerprint density at radius 1 is 1.10 bits per heavy atom. The third-order valence-corrected chi connectivity index (χ3v) is 4.88. The van der Waals surface area contributed by atoms with Gasteiger partial charge in [-0.2, -0.15) is 0 Å². The van der Waals surface area contributed by atoms with Crippen LogP contribution in [-0.4, -0.2) is 47.7 Å². The van der Waals surface area contributed by atoms with Gasteiger partial charge in [-0.3, -0.25) is 9.59 Å². The zero-order chi connectivity index (χ0) is 20.5. The first-order valence-electron chi connectivity index (χ1n) is 10.0. The molecule has 1 saturated heterocycles. The summed E-state index contributed by atoms with van der Waals surface area (Å²) in [6.07, 6.45) is 2.68. The summed E-state index contributed by atoms with van der Waals surface area (Å²) >= 11 is 0. The molecule has 1 atom stereocenters. The summed E-state index contributed by atoms with van der Waals surface area (Å²) in [5, 5.41) is 8.91. The number of carboxylic acids is 1. The van der Waals surface area contributed by atoms with Gasteiger partial charge in [-0.05, 0) is 49.1 Å². The van der Waals surface area contributed by atoms with E-state index in [4.69, 9.17) is 14.6 Å². The van der Waals surface area contributed by atoms with Crippen molar-refractivity contribution in [1.29, 1.82) is 0 Å². The fourth-order valence-corrected chi connectivity index (χ4v) is 3.32. The highest BCUT2D eigenvalue weighted by atomic mass is 16.5. The second kappa shape index (κ2) is 10.6. The largest absolute Gasteiger partial charge is 0.491 e. The summed E-state index contributed by atoms with van der Waals surface area (Å²) in [5.41, 5.74) is 1.56. The molecule has 1 aliphatic heterocycles. The molecule has 0 aromatic heterocycles. The van der Waals surface area contributed by atoms with Crippen LogP contribution >= 0.6 is 0 Å². The first kappa shape index (κ1) is 20.9. The Bertz CT molecular complexity index is 785. The standard InChI is InChI=1S/C23H27NO5/c25-22(26)9-4-14-24(16-18-6-2-1-3-7-18)23(27)19-10-12-20(13-11-19)29-17-21-8-5-15-28-21/h1-3,6-7,10-13,21H,4-5,8-9,14-17H2,(H,25,26). The minimum absolute atomic E-state index is 0.0363. The third kappa shape index (κ3) is 6.61. The van der Waals surface area contributed by atoms with E-state index in [9.17, 15) is 9.59 Å². The average Bonchev–Trinajstić information content (AvgIpc) is 3.26. The van der Waals surface area contributed by atoms with E-state index in [0.717, 1.165) is 25.0 Å². The Hall–Kier alpha value is -2.86. The maximum Gasteiger partial charge on any atom is 0.303 e. The van der Waals surface area contributed by atoms with Crippen molar-refractivity contribution in [3.05, 3.63) is 65.7 Å². The number of aliphatic carboxylic acids is 1. The smallest absolute Gasteiger partial charge is 0.303 e. The summed E-state index contributed by atoms with van der Waals surface area (Å²) in [7, 11) is 0. The van der Waals surface area contributed by atoms with E-state index in [1.165, 1.54) is 0 Å². The summed E-state index contributed by atoms with van der Waals surface area (Å²) in [5.74, 6) is -0.271. The SMILES string of the molecule is O=C(O)CCCN(Cc1ccccc1)C(=O)c1ccc(OCC2CCCO2)cc1. The first-order valence-corrected chi connectivity index (χ1v) is 10.0. The van der Waals surface area contributed by atoms with Crippen LogP contribution in [0.1, 0.15) is 41.6 Å². The molecule has 1 fully saturated rings. The van der Waals surface area contributed by atoms with Gasteiger partial charge < -0.3 is 19.5 Å². The van der Waals surface area contributed by atoms with E-state index in [1.54, 1.807) is 29.2 Å². The van der Waals surface area contributed by atoms with Crippen molar-refractivity contribution in [2.45, 2.75) is 38.3 Å². The van der Waals surface area contributed by atoms with Crippen LogP contribution in [0.15, 0.2) is 54.6 Å². The van der Waals surface area contributed by atoms with Gasteiger partial charge in [0.1, 0.15) is 12.4 Å². The molecule has 0 radical (unpaired) electrons. The maximum absolute atomic E-state index is 13.0. The molecule has 1 amide bonds. The highest BCUT2D eigenvalue weighted by Crippen LogP contribution is 2.18. The number of carboxylic acid groups (broad SMARTS) is 1. The fourth-order valence-electron chi connectivity index (χ4n) is 3.32. The van der Waals surface area contributed by atoms with Crippen LogP contribution in [0.3, 0.4) is 0 Å². The highest BCUT2D eigenvalue weighted by molar-refractivity contribution is 5.94. The van der Waals surface area contributed by atoms with E-state index in [-0.39, 0.29) is 18.4 Å². The monoisotopic (exact) mass is 397 g/mol. The van der Waals surface area contributed by atoms with Crippen molar-refractivity contribution in [2.75, 3.05) is 19.8 Å². The second-order valence-electron chi connectivity index (χ2n) is 7.18. The number of rotatable bonds is 10. The molecule has 3 rings (SSSR count). The molecule has 154 valence electrons. The van der Waals surface area contributed by atoms with E-state index in [2.05, 4.69) is 0 Å². The van der Waals surface area contributed by atoms with E-state index >= 15 is 0 Å². The van der Waals surface area contributed by atoms with E-state index in [1.807, 2.05) is 30.3 Å². The lowest BCUT2D eigenvalue weighted by atomic mass is 10.1. The molecule has 0 aliphatic carbocycles. The van der Waals surface area contributed by atoms with Crippen molar-refractivity contribution in [1.82, 2.24) is 4.90 Å². The Morgan fingerprint density at radius 3 is 2.52 bits per heavy atom. The minimum atomic E-state index is -0.857. The van der Waals surface area contributed by atoms with Gasteiger partial charge in [-0.1, -0.05) is 30.3 Å².